The third-order valence-electron chi connectivity index (χ3n) is 4.72. The summed E-state index contributed by atoms with van der Waals surface area (Å²) in [4.78, 5) is 11.6. The highest BCUT2D eigenvalue weighted by molar-refractivity contribution is 7.87. The van der Waals surface area contributed by atoms with E-state index in [-0.39, 0.29) is 12.2 Å². The zero-order valence-corrected chi connectivity index (χ0v) is 19.9. The first-order chi connectivity index (χ1) is 17.0. The summed E-state index contributed by atoms with van der Waals surface area (Å²) in [6.07, 6.45) is -4.14. The van der Waals surface area contributed by atoms with Crippen LogP contribution in [-0.4, -0.2) is 34.8 Å². The molecule has 36 heavy (non-hydrogen) atoms. The van der Waals surface area contributed by atoms with E-state index in [2.05, 4.69) is 10.5 Å². The van der Waals surface area contributed by atoms with E-state index in [4.69, 9.17) is 13.7 Å². The minimum Gasteiger partial charge on any atom is -0.497 e. The number of halogens is 3. The lowest BCUT2D eigenvalue weighted by molar-refractivity contribution is -0.137. The van der Waals surface area contributed by atoms with Gasteiger partial charge in [-0.2, -0.15) is 26.7 Å². The van der Waals surface area contributed by atoms with Crippen LogP contribution in [0.4, 0.5) is 13.2 Å². The number of ether oxygens (including phenoxy) is 2. The number of nitrogens with zero attached hydrogens (tertiary/aromatic N) is 1. The molecule has 0 aliphatic carbocycles. The molecule has 8 nitrogen and oxygen atoms in total. The maximum Gasteiger partial charge on any atom is 0.416 e. The first-order valence-electron chi connectivity index (χ1n) is 10.3. The standard InChI is InChI=1S/C24H21F3N2O6S/c1-33-20-10-6-7-16(11-20)12-22(30)29-28-15-17-13-18(24(25,26)27)14-21(34-2)23(17)36(31,32)35-19-8-4-3-5-9-19/h3-11,13-15H,12H2,1-2H3,(H,29,30). The van der Waals surface area contributed by atoms with Crippen molar-refractivity contribution in [2.24, 2.45) is 5.10 Å². The Morgan fingerprint density at radius 3 is 2.31 bits per heavy atom. The van der Waals surface area contributed by atoms with Crippen molar-refractivity contribution in [2.45, 2.75) is 17.5 Å². The summed E-state index contributed by atoms with van der Waals surface area (Å²) in [6, 6.07) is 15.2. The van der Waals surface area contributed by atoms with Gasteiger partial charge in [0.15, 0.2) is 4.90 Å². The number of methoxy groups -OCH3 is 2. The van der Waals surface area contributed by atoms with E-state index in [0.29, 0.717) is 23.4 Å². The third kappa shape index (κ3) is 6.75. The largest absolute Gasteiger partial charge is 0.497 e. The van der Waals surface area contributed by atoms with Crippen molar-refractivity contribution in [3.63, 3.8) is 0 Å². The van der Waals surface area contributed by atoms with E-state index in [1.54, 1.807) is 30.3 Å². The predicted octanol–water partition coefficient (Wildman–Crippen LogP) is 4.18. The van der Waals surface area contributed by atoms with Gasteiger partial charge in [-0.15, -0.1) is 0 Å². The van der Waals surface area contributed by atoms with Crippen LogP contribution < -0.4 is 19.1 Å². The van der Waals surface area contributed by atoms with Crippen molar-refractivity contribution in [2.75, 3.05) is 14.2 Å². The molecule has 0 atom stereocenters. The molecule has 12 heteroatoms. The van der Waals surface area contributed by atoms with Gasteiger partial charge < -0.3 is 13.7 Å². The second-order valence-electron chi connectivity index (χ2n) is 7.27. The number of nitrogens with one attached hydrogen (secondary N) is 1. The van der Waals surface area contributed by atoms with Crippen LogP contribution in [0.15, 0.2) is 76.7 Å². The monoisotopic (exact) mass is 522 g/mol. The van der Waals surface area contributed by atoms with Crippen LogP contribution in [0.3, 0.4) is 0 Å². The number of benzene rings is 3. The van der Waals surface area contributed by atoms with E-state index >= 15 is 0 Å². The zero-order valence-electron chi connectivity index (χ0n) is 19.1. The third-order valence-corrected chi connectivity index (χ3v) is 6.07. The van der Waals surface area contributed by atoms with Gasteiger partial charge in [0.2, 0.25) is 5.91 Å². The molecule has 1 amide bonds. The van der Waals surface area contributed by atoms with E-state index in [1.807, 2.05) is 0 Å². The van der Waals surface area contributed by atoms with E-state index in [0.717, 1.165) is 13.3 Å². The second-order valence-corrected chi connectivity index (χ2v) is 8.75. The predicted molar refractivity (Wildman–Crippen MR) is 125 cm³/mol. The topological polar surface area (TPSA) is 103 Å². The van der Waals surface area contributed by atoms with Crippen LogP contribution in [0.25, 0.3) is 0 Å². The first kappa shape index (κ1) is 26.5. The first-order valence-corrected chi connectivity index (χ1v) is 11.7. The molecule has 190 valence electrons. The van der Waals surface area contributed by atoms with Crippen LogP contribution in [0.5, 0.6) is 17.2 Å². The van der Waals surface area contributed by atoms with Gasteiger partial charge in [0.1, 0.15) is 17.2 Å². The van der Waals surface area contributed by atoms with Gasteiger partial charge in [-0.3, -0.25) is 4.79 Å². The molecule has 3 aromatic carbocycles. The van der Waals surface area contributed by atoms with Gasteiger partial charge in [-0.25, -0.2) is 5.43 Å². The Labute approximate surface area is 205 Å². The number of hydrazone groups is 1. The minimum atomic E-state index is -4.81. The van der Waals surface area contributed by atoms with Gasteiger partial charge in [0, 0.05) is 5.56 Å². The molecule has 1 N–H and O–H groups in total. The molecular formula is C24H21F3N2O6S. The van der Waals surface area contributed by atoms with Crippen molar-refractivity contribution >= 4 is 22.2 Å². The van der Waals surface area contributed by atoms with Crippen molar-refractivity contribution in [3.8, 4) is 17.2 Å². The molecule has 0 bridgehead atoms. The molecule has 0 spiro atoms. The number of amides is 1. The lowest BCUT2D eigenvalue weighted by Gasteiger charge is -2.16. The number of para-hydroxylation sites is 1. The maximum atomic E-state index is 13.5. The number of carbonyl (C=O) groups is 1. The fourth-order valence-electron chi connectivity index (χ4n) is 3.13. The molecule has 0 saturated heterocycles. The summed E-state index contributed by atoms with van der Waals surface area (Å²) in [5, 5.41) is 3.66. The summed E-state index contributed by atoms with van der Waals surface area (Å²) in [5.74, 6) is -0.727. The summed E-state index contributed by atoms with van der Waals surface area (Å²) in [5.41, 5.74) is 1.09. The Bertz CT molecular complexity index is 1360. The summed E-state index contributed by atoms with van der Waals surface area (Å²) < 4.78 is 81.5. The van der Waals surface area contributed by atoms with Crippen molar-refractivity contribution in [1.29, 1.82) is 0 Å². The molecule has 0 heterocycles. The fourth-order valence-corrected chi connectivity index (χ4v) is 4.36. The lowest BCUT2D eigenvalue weighted by atomic mass is 10.1. The lowest BCUT2D eigenvalue weighted by Crippen LogP contribution is -2.20. The highest BCUT2D eigenvalue weighted by Gasteiger charge is 2.35. The number of carbonyl (C=O) groups excluding carboxylic acids is 1. The Balaban J connectivity index is 1.94. The molecule has 0 unspecified atom stereocenters. The van der Waals surface area contributed by atoms with E-state index in [1.165, 1.54) is 31.4 Å². The van der Waals surface area contributed by atoms with E-state index < -0.39 is 44.0 Å². The Kier molecular flexibility index (Phi) is 8.20. The molecule has 0 aromatic heterocycles. The number of hydrogen-bond acceptors (Lipinski definition) is 7. The van der Waals surface area contributed by atoms with Gasteiger partial charge in [0.25, 0.3) is 0 Å². The molecule has 3 aromatic rings. The summed E-state index contributed by atoms with van der Waals surface area (Å²) >= 11 is 0. The summed E-state index contributed by atoms with van der Waals surface area (Å²) in [7, 11) is -2.17. The molecule has 3 rings (SSSR count). The highest BCUT2D eigenvalue weighted by atomic mass is 32.2. The summed E-state index contributed by atoms with van der Waals surface area (Å²) in [6.45, 7) is 0. The van der Waals surface area contributed by atoms with E-state index in [9.17, 15) is 26.4 Å². The Morgan fingerprint density at radius 1 is 0.972 bits per heavy atom. The number of hydrogen-bond donors (Lipinski definition) is 1. The maximum absolute atomic E-state index is 13.5. The normalized spacial score (nSPS) is 11.8. The van der Waals surface area contributed by atoms with Crippen molar-refractivity contribution < 1.29 is 40.0 Å². The minimum absolute atomic E-state index is 0.0612. The van der Waals surface area contributed by atoms with Crippen LogP contribution in [-0.2, 0) is 27.5 Å². The Morgan fingerprint density at radius 2 is 1.67 bits per heavy atom. The van der Waals surface area contributed by atoms with Crippen LogP contribution in [0.1, 0.15) is 16.7 Å². The van der Waals surface area contributed by atoms with Crippen molar-refractivity contribution in [3.05, 3.63) is 83.4 Å². The van der Waals surface area contributed by atoms with Crippen molar-refractivity contribution in [1.82, 2.24) is 5.43 Å². The zero-order chi connectivity index (χ0) is 26.3. The molecular weight excluding hydrogens is 501 g/mol. The average Bonchev–Trinajstić information content (AvgIpc) is 2.83. The van der Waals surface area contributed by atoms with Crippen LogP contribution in [0, 0.1) is 0 Å². The highest BCUT2D eigenvalue weighted by Crippen LogP contribution is 2.37. The molecule has 0 fully saturated rings. The average molecular weight is 523 g/mol. The molecule has 0 aliphatic rings. The SMILES string of the molecule is COc1cccc(CC(=O)NN=Cc2cc(C(F)(F)F)cc(OC)c2S(=O)(=O)Oc2ccccc2)c1. The van der Waals surface area contributed by atoms with Gasteiger partial charge >= 0.3 is 16.3 Å². The van der Waals surface area contributed by atoms with Gasteiger partial charge in [0.05, 0.1) is 32.4 Å². The molecule has 0 radical (unpaired) electrons. The number of rotatable bonds is 9. The number of alkyl halides is 3. The van der Waals surface area contributed by atoms with Gasteiger partial charge in [-0.1, -0.05) is 30.3 Å². The quantitative estimate of drug-likeness (QED) is 0.257. The van der Waals surface area contributed by atoms with Crippen LogP contribution >= 0.6 is 0 Å². The van der Waals surface area contributed by atoms with Gasteiger partial charge in [-0.05, 0) is 42.0 Å². The van der Waals surface area contributed by atoms with Crippen LogP contribution in [0.2, 0.25) is 0 Å². The fraction of sp³-hybridized carbons (Fsp3) is 0.167. The molecule has 0 aliphatic heterocycles. The smallest absolute Gasteiger partial charge is 0.416 e. The Hall–Kier alpha value is -4.06. The second kappa shape index (κ2) is 11.1. The molecule has 0 saturated carbocycles.